The van der Waals surface area contributed by atoms with Crippen LogP contribution in [0, 0.1) is 0 Å². The standard InChI is InChI=1S/C14H20N2O3/c1-3-4-5-6-14(19)16-15-10(2)12-8-7-11(17)9-13(12)18/h7-9,17-18H,3-6H2,1-2H3,(H,16,19)/b15-10-. The first-order valence-electron chi connectivity index (χ1n) is 6.40. The molecule has 1 aromatic carbocycles. The highest BCUT2D eigenvalue weighted by molar-refractivity contribution is 6.01. The Kier molecular flexibility index (Phi) is 5.85. The molecule has 0 fully saturated rings. The Bertz CT molecular complexity index is 470. The quantitative estimate of drug-likeness (QED) is 0.419. The van der Waals surface area contributed by atoms with Crippen LogP contribution < -0.4 is 5.43 Å². The summed E-state index contributed by atoms with van der Waals surface area (Å²) in [6.07, 6.45) is 3.39. The molecule has 104 valence electrons. The van der Waals surface area contributed by atoms with Crippen molar-refractivity contribution < 1.29 is 15.0 Å². The zero-order valence-electron chi connectivity index (χ0n) is 11.3. The molecule has 0 heterocycles. The lowest BCUT2D eigenvalue weighted by Gasteiger charge is -2.05. The third kappa shape index (κ3) is 4.99. The molecule has 0 unspecified atom stereocenters. The van der Waals surface area contributed by atoms with E-state index in [1.807, 2.05) is 0 Å². The Morgan fingerprint density at radius 2 is 2.05 bits per heavy atom. The Balaban J connectivity index is 2.59. The molecule has 0 aliphatic carbocycles. The predicted octanol–water partition coefficient (Wildman–Crippen LogP) is 2.52. The van der Waals surface area contributed by atoms with Gasteiger partial charge in [-0.25, -0.2) is 5.43 Å². The highest BCUT2D eigenvalue weighted by atomic mass is 16.3. The second-order valence-electron chi connectivity index (χ2n) is 4.39. The molecular formula is C14H20N2O3. The number of carbonyl (C=O) groups excluding carboxylic acids is 1. The lowest BCUT2D eigenvalue weighted by Crippen LogP contribution is -2.18. The summed E-state index contributed by atoms with van der Waals surface area (Å²) < 4.78 is 0. The van der Waals surface area contributed by atoms with Crippen molar-refractivity contribution in [1.82, 2.24) is 5.43 Å². The maximum atomic E-state index is 11.5. The van der Waals surface area contributed by atoms with Crippen LogP contribution in [0.3, 0.4) is 0 Å². The Labute approximate surface area is 113 Å². The molecule has 0 aliphatic heterocycles. The van der Waals surface area contributed by atoms with E-state index >= 15 is 0 Å². The number of aromatic hydroxyl groups is 2. The molecule has 0 saturated heterocycles. The minimum atomic E-state index is -0.133. The highest BCUT2D eigenvalue weighted by Crippen LogP contribution is 2.22. The first-order valence-corrected chi connectivity index (χ1v) is 6.40. The van der Waals surface area contributed by atoms with Crippen LogP contribution in [0.2, 0.25) is 0 Å². The summed E-state index contributed by atoms with van der Waals surface area (Å²) in [6.45, 7) is 3.76. The van der Waals surface area contributed by atoms with E-state index in [4.69, 9.17) is 0 Å². The third-order valence-corrected chi connectivity index (χ3v) is 2.73. The van der Waals surface area contributed by atoms with Gasteiger partial charge in [0.15, 0.2) is 0 Å². The molecule has 0 aliphatic rings. The average molecular weight is 264 g/mol. The lowest BCUT2D eigenvalue weighted by molar-refractivity contribution is -0.121. The summed E-state index contributed by atoms with van der Waals surface area (Å²) in [5.41, 5.74) is 3.42. The fourth-order valence-corrected chi connectivity index (χ4v) is 1.62. The molecule has 0 radical (unpaired) electrons. The van der Waals surface area contributed by atoms with E-state index in [2.05, 4.69) is 17.5 Å². The van der Waals surface area contributed by atoms with Gasteiger partial charge in [-0.15, -0.1) is 0 Å². The Hall–Kier alpha value is -2.04. The number of nitrogens with zero attached hydrogens (tertiary/aromatic N) is 1. The second kappa shape index (κ2) is 7.41. The number of nitrogens with one attached hydrogen (secondary N) is 1. The van der Waals surface area contributed by atoms with Gasteiger partial charge in [-0.1, -0.05) is 19.8 Å². The smallest absolute Gasteiger partial charge is 0.240 e. The van der Waals surface area contributed by atoms with Gasteiger partial charge in [-0.2, -0.15) is 5.10 Å². The third-order valence-electron chi connectivity index (χ3n) is 2.73. The molecule has 0 atom stereocenters. The van der Waals surface area contributed by atoms with Crippen LogP contribution in [0.1, 0.15) is 45.1 Å². The molecular weight excluding hydrogens is 244 g/mol. The number of benzene rings is 1. The summed E-state index contributed by atoms with van der Waals surface area (Å²) in [4.78, 5) is 11.5. The molecule has 1 aromatic rings. The number of phenolic OH excluding ortho intramolecular Hbond substituents is 2. The average Bonchev–Trinajstić information content (AvgIpc) is 2.36. The maximum Gasteiger partial charge on any atom is 0.240 e. The van der Waals surface area contributed by atoms with Crippen LogP contribution in [-0.2, 0) is 4.79 Å². The second-order valence-corrected chi connectivity index (χ2v) is 4.39. The van der Waals surface area contributed by atoms with Gasteiger partial charge in [0.25, 0.3) is 0 Å². The van der Waals surface area contributed by atoms with Crippen molar-refractivity contribution in [3.05, 3.63) is 23.8 Å². The largest absolute Gasteiger partial charge is 0.508 e. The van der Waals surface area contributed by atoms with E-state index in [0.717, 1.165) is 19.3 Å². The molecule has 19 heavy (non-hydrogen) atoms. The zero-order valence-corrected chi connectivity index (χ0v) is 11.3. The van der Waals surface area contributed by atoms with Crippen LogP contribution in [0.25, 0.3) is 0 Å². The van der Waals surface area contributed by atoms with Crippen LogP contribution in [0.4, 0.5) is 0 Å². The van der Waals surface area contributed by atoms with Crippen molar-refractivity contribution in [2.45, 2.75) is 39.5 Å². The van der Waals surface area contributed by atoms with Crippen molar-refractivity contribution >= 4 is 11.6 Å². The normalized spacial score (nSPS) is 11.4. The molecule has 0 spiro atoms. The van der Waals surface area contributed by atoms with Crippen molar-refractivity contribution in [2.75, 3.05) is 0 Å². The van der Waals surface area contributed by atoms with Gasteiger partial charge in [0.05, 0.1) is 5.71 Å². The van der Waals surface area contributed by atoms with Crippen molar-refractivity contribution in [2.24, 2.45) is 5.10 Å². The predicted molar refractivity (Wildman–Crippen MR) is 74.3 cm³/mol. The summed E-state index contributed by atoms with van der Waals surface area (Å²) in [6, 6.07) is 4.24. The van der Waals surface area contributed by atoms with Crippen molar-refractivity contribution in [3.8, 4) is 11.5 Å². The maximum absolute atomic E-state index is 11.5. The van der Waals surface area contributed by atoms with E-state index in [9.17, 15) is 15.0 Å². The molecule has 1 amide bonds. The first kappa shape index (κ1) is 15.0. The summed E-state index contributed by atoms with van der Waals surface area (Å²) >= 11 is 0. The van der Waals surface area contributed by atoms with E-state index in [1.165, 1.54) is 12.1 Å². The zero-order chi connectivity index (χ0) is 14.3. The summed E-state index contributed by atoms with van der Waals surface area (Å²) in [5, 5.41) is 22.8. The van der Waals surface area contributed by atoms with E-state index in [1.54, 1.807) is 13.0 Å². The van der Waals surface area contributed by atoms with Gasteiger partial charge in [-0.3, -0.25) is 4.79 Å². The van der Waals surface area contributed by atoms with Gasteiger partial charge in [0.2, 0.25) is 5.91 Å². The van der Waals surface area contributed by atoms with Crippen molar-refractivity contribution in [3.63, 3.8) is 0 Å². The lowest BCUT2D eigenvalue weighted by atomic mass is 10.1. The van der Waals surface area contributed by atoms with Crippen LogP contribution in [0.15, 0.2) is 23.3 Å². The monoisotopic (exact) mass is 264 g/mol. The van der Waals surface area contributed by atoms with Gasteiger partial charge in [0, 0.05) is 18.1 Å². The van der Waals surface area contributed by atoms with Crippen LogP contribution in [-0.4, -0.2) is 21.8 Å². The van der Waals surface area contributed by atoms with E-state index in [0.29, 0.717) is 17.7 Å². The number of hydrazone groups is 1. The molecule has 5 heteroatoms. The summed E-state index contributed by atoms with van der Waals surface area (Å²) in [5.74, 6) is -0.217. The molecule has 5 nitrogen and oxygen atoms in total. The first-order chi connectivity index (χ1) is 9.04. The molecule has 0 bridgehead atoms. The molecule has 0 saturated carbocycles. The van der Waals surface area contributed by atoms with E-state index in [-0.39, 0.29) is 17.4 Å². The number of hydrogen-bond acceptors (Lipinski definition) is 4. The summed E-state index contributed by atoms with van der Waals surface area (Å²) in [7, 11) is 0. The van der Waals surface area contributed by atoms with Gasteiger partial charge in [0.1, 0.15) is 11.5 Å². The highest BCUT2D eigenvalue weighted by Gasteiger charge is 2.06. The molecule has 1 rings (SSSR count). The van der Waals surface area contributed by atoms with Gasteiger partial charge >= 0.3 is 0 Å². The number of carbonyl (C=O) groups is 1. The minimum Gasteiger partial charge on any atom is -0.508 e. The van der Waals surface area contributed by atoms with Crippen LogP contribution in [0.5, 0.6) is 11.5 Å². The number of hydrogen-bond donors (Lipinski definition) is 3. The topological polar surface area (TPSA) is 81.9 Å². The number of rotatable bonds is 6. The fourth-order valence-electron chi connectivity index (χ4n) is 1.62. The number of amides is 1. The van der Waals surface area contributed by atoms with Crippen molar-refractivity contribution in [1.29, 1.82) is 0 Å². The molecule has 0 aromatic heterocycles. The Morgan fingerprint density at radius 1 is 1.32 bits per heavy atom. The van der Waals surface area contributed by atoms with E-state index < -0.39 is 0 Å². The minimum absolute atomic E-state index is 0.0161. The number of phenols is 2. The number of unbranched alkanes of at least 4 members (excludes halogenated alkanes) is 2. The fraction of sp³-hybridized carbons (Fsp3) is 0.429. The van der Waals surface area contributed by atoms with Crippen LogP contribution >= 0.6 is 0 Å². The SMILES string of the molecule is CCCCCC(=O)N/N=C(/C)c1ccc(O)cc1O. The van der Waals surface area contributed by atoms with Gasteiger partial charge < -0.3 is 10.2 Å². The Morgan fingerprint density at radius 3 is 2.68 bits per heavy atom. The van der Waals surface area contributed by atoms with Gasteiger partial charge in [-0.05, 0) is 25.5 Å². The molecule has 3 N–H and O–H groups in total.